The van der Waals surface area contributed by atoms with Crippen molar-refractivity contribution >= 4 is 17.3 Å². The first kappa shape index (κ1) is 20.7. The molecule has 0 saturated carbocycles. The lowest BCUT2D eigenvalue weighted by Gasteiger charge is -2.32. The fraction of sp³-hybridized carbons (Fsp3) is 0.500. The summed E-state index contributed by atoms with van der Waals surface area (Å²) < 4.78 is 5.24. The van der Waals surface area contributed by atoms with Crippen molar-refractivity contribution in [3.05, 3.63) is 52.2 Å². The van der Waals surface area contributed by atoms with E-state index in [0.717, 1.165) is 51.0 Å². The van der Waals surface area contributed by atoms with E-state index < -0.39 is 0 Å². The predicted octanol–water partition coefficient (Wildman–Crippen LogP) is 3.72. The number of aliphatic imine (C=N–C) groups is 1. The van der Waals surface area contributed by atoms with Gasteiger partial charge in [-0.1, -0.05) is 12.1 Å². The van der Waals surface area contributed by atoms with E-state index in [2.05, 4.69) is 51.4 Å². The maximum atomic E-state index is 5.24. The number of ether oxygens (including phenoxy) is 1. The topological polar surface area (TPSA) is 48.9 Å². The lowest BCUT2D eigenvalue weighted by Crippen LogP contribution is -2.42. The molecule has 2 aromatic rings. The van der Waals surface area contributed by atoms with E-state index in [1.54, 1.807) is 18.4 Å². The molecule has 5 nitrogen and oxygen atoms in total. The molecule has 1 aromatic carbocycles. The molecule has 152 valence electrons. The summed E-state index contributed by atoms with van der Waals surface area (Å²) >= 11 is 1.72. The highest BCUT2D eigenvalue weighted by Gasteiger charge is 2.19. The summed E-state index contributed by atoms with van der Waals surface area (Å²) in [5.74, 6) is 2.55. The molecule has 1 aliphatic heterocycles. The van der Waals surface area contributed by atoms with E-state index in [9.17, 15) is 0 Å². The molecule has 0 amide bonds. The van der Waals surface area contributed by atoms with Crippen molar-refractivity contribution in [1.82, 2.24) is 15.5 Å². The minimum absolute atomic E-state index is 0.706. The highest BCUT2D eigenvalue weighted by molar-refractivity contribution is 7.07. The third-order valence-corrected chi connectivity index (χ3v) is 5.91. The van der Waals surface area contributed by atoms with Gasteiger partial charge in [0.1, 0.15) is 5.75 Å². The van der Waals surface area contributed by atoms with E-state index >= 15 is 0 Å². The smallest absolute Gasteiger partial charge is 0.191 e. The van der Waals surface area contributed by atoms with Gasteiger partial charge in [0.05, 0.1) is 13.7 Å². The molecule has 1 aromatic heterocycles. The van der Waals surface area contributed by atoms with Crippen LogP contribution < -0.4 is 15.4 Å². The van der Waals surface area contributed by atoms with E-state index in [1.807, 2.05) is 12.1 Å². The Morgan fingerprint density at radius 3 is 2.57 bits per heavy atom. The number of rotatable bonds is 8. The lowest BCUT2D eigenvalue weighted by molar-refractivity contribution is 0.178. The van der Waals surface area contributed by atoms with Gasteiger partial charge in [0.15, 0.2) is 5.96 Å². The number of hydrogen-bond donors (Lipinski definition) is 2. The van der Waals surface area contributed by atoms with Gasteiger partial charge in [0.2, 0.25) is 0 Å². The van der Waals surface area contributed by atoms with Gasteiger partial charge >= 0.3 is 0 Å². The van der Waals surface area contributed by atoms with Crippen LogP contribution >= 0.6 is 11.3 Å². The quantitative estimate of drug-likeness (QED) is 0.524. The molecule has 1 saturated heterocycles. The monoisotopic (exact) mass is 400 g/mol. The molecular formula is C22H32N4OS. The minimum atomic E-state index is 0.706. The van der Waals surface area contributed by atoms with Gasteiger partial charge in [-0.3, -0.25) is 4.90 Å². The van der Waals surface area contributed by atoms with Crippen LogP contribution in [0.15, 0.2) is 46.1 Å². The van der Waals surface area contributed by atoms with Crippen LogP contribution in [0.1, 0.15) is 30.9 Å². The number of likely N-dealkylation sites (tertiary alicyclic amines) is 1. The lowest BCUT2D eigenvalue weighted by atomic mass is 9.96. The first-order valence-electron chi connectivity index (χ1n) is 10.2. The van der Waals surface area contributed by atoms with Crippen molar-refractivity contribution in [1.29, 1.82) is 0 Å². The molecule has 28 heavy (non-hydrogen) atoms. The zero-order chi connectivity index (χ0) is 19.6. The highest BCUT2D eigenvalue weighted by Crippen LogP contribution is 2.19. The number of methoxy groups -OCH3 is 1. The summed E-state index contributed by atoms with van der Waals surface area (Å²) in [6.07, 6.45) is 2.46. The maximum absolute atomic E-state index is 5.24. The molecule has 6 heteroatoms. The number of hydrogen-bond acceptors (Lipinski definition) is 4. The van der Waals surface area contributed by atoms with Crippen LogP contribution in [0.3, 0.4) is 0 Å². The first-order chi connectivity index (χ1) is 13.8. The molecule has 3 rings (SSSR count). The number of guanidine groups is 1. The van der Waals surface area contributed by atoms with Gasteiger partial charge in [-0.15, -0.1) is 0 Å². The van der Waals surface area contributed by atoms with Gasteiger partial charge in [-0.25, -0.2) is 4.99 Å². The van der Waals surface area contributed by atoms with Crippen LogP contribution in [0.4, 0.5) is 0 Å². The second-order valence-electron chi connectivity index (χ2n) is 7.28. The highest BCUT2D eigenvalue weighted by atomic mass is 32.1. The van der Waals surface area contributed by atoms with Crippen molar-refractivity contribution in [2.24, 2.45) is 10.9 Å². The van der Waals surface area contributed by atoms with Crippen LogP contribution in [0.25, 0.3) is 0 Å². The van der Waals surface area contributed by atoms with Crippen molar-refractivity contribution in [2.75, 3.05) is 33.3 Å². The summed E-state index contributed by atoms with van der Waals surface area (Å²) in [4.78, 5) is 7.26. The Morgan fingerprint density at radius 2 is 1.93 bits per heavy atom. The maximum Gasteiger partial charge on any atom is 0.191 e. The van der Waals surface area contributed by atoms with Crippen LogP contribution in [0.2, 0.25) is 0 Å². The Bertz CT molecular complexity index is 707. The fourth-order valence-electron chi connectivity index (χ4n) is 3.47. The Balaban J connectivity index is 1.40. The molecule has 0 bridgehead atoms. The van der Waals surface area contributed by atoms with Crippen LogP contribution in [0, 0.1) is 5.92 Å². The zero-order valence-corrected chi connectivity index (χ0v) is 17.8. The molecule has 0 radical (unpaired) electrons. The SMILES string of the molecule is CCNC(=NCc1ccsc1)NCC1CCN(Cc2ccc(OC)cc2)CC1. The Morgan fingerprint density at radius 1 is 1.14 bits per heavy atom. The summed E-state index contributed by atoms with van der Waals surface area (Å²) in [6.45, 7) is 8.05. The molecule has 1 aliphatic rings. The predicted molar refractivity (Wildman–Crippen MR) is 118 cm³/mol. The van der Waals surface area contributed by atoms with Crippen molar-refractivity contribution in [2.45, 2.75) is 32.9 Å². The normalized spacial score (nSPS) is 16.1. The molecule has 0 unspecified atom stereocenters. The van der Waals surface area contributed by atoms with Crippen LogP contribution in [0.5, 0.6) is 5.75 Å². The average molecular weight is 401 g/mol. The molecule has 0 spiro atoms. The van der Waals surface area contributed by atoms with Gasteiger partial charge < -0.3 is 15.4 Å². The summed E-state index contributed by atoms with van der Waals surface area (Å²) in [6, 6.07) is 10.6. The molecule has 0 atom stereocenters. The summed E-state index contributed by atoms with van der Waals surface area (Å²) in [5, 5.41) is 11.2. The van der Waals surface area contributed by atoms with Crippen molar-refractivity contribution < 1.29 is 4.74 Å². The van der Waals surface area contributed by atoms with E-state index in [1.165, 1.54) is 24.0 Å². The molecule has 0 aliphatic carbocycles. The standard InChI is InChI=1S/C22H32N4OS/c1-3-23-22(25-15-20-10-13-28-17-20)24-14-18-8-11-26(12-9-18)16-19-4-6-21(27-2)7-5-19/h4-7,10,13,17-18H,3,8-9,11-12,14-16H2,1-2H3,(H2,23,24,25). The molecule has 2 N–H and O–H groups in total. The van der Waals surface area contributed by atoms with Crippen molar-refractivity contribution in [3.63, 3.8) is 0 Å². The van der Waals surface area contributed by atoms with Gasteiger partial charge in [0, 0.05) is 19.6 Å². The second-order valence-corrected chi connectivity index (χ2v) is 8.06. The largest absolute Gasteiger partial charge is 0.497 e. The fourth-order valence-corrected chi connectivity index (χ4v) is 4.13. The number of nitrogens with one attached hydrogen (secondary N) is 2. The second kappa shape index (κ2) is 11.1. The molecule has 2 heterocycles. The number of thiophene rings is 1. The Hall–Kier alpha value is -2.05. The van der Waals surface area contributed by atoms with Crippen molar-refractivity contribution in [3.8, 4) is 5.75 Å². The number of piperidine rings is 1. The summed E-state index contributed by atoms with van der Waals surface area (Å²) in [7, 11) is 1.71. The molecular weight excluding hydrogens is 368 g/mol. The third kappa shape index (κ3) is 6.53. The Kier molecular flexibility index (Phi) is 8.18. The first-order valence-corrected chi connectivity index (χ1v) is 11.1. The van der Waals surface area contributed by atoms with Gasteiger partial charge in [-0.05, 0) is 78.9 Å². The van der Waals surface area contributed by atoms with E-state index in [0.29, 0.717) is 5.92 Å². The zero-order valence-electron chi connectivity index (χ0n) is 17.0. The van der Waals surface area contributed by atoms with E-state index in [-0.39, 0.29) is 0 Å². The number of benzene rings is 1. The Labute approximate surface area is 172 Å². The third-order valence-electron chi connectivity index (χ3n) is 5.17. The van der Waals surface area contributed by atoms with Crippen LogP contribution in [-0.2, 0) is 13.1 Å². The van der Waals surface area contributed by atoms with Gasteiger partial charge in [-0.2, -0.15) is 11.3 Å². The van der Waals surface area contributed by atoms with Gasteiger partial charge in [0.25, 0.3) is 0 Å². The minimum Gasteiger partial charge on any atom is -0.497 e. The average Bonchev–Trinajstić information content (AvgIpc) is 3.25. The number of nitrogens with zero attached hydrogens (tertiary/aromatic N) is 2. The van der Waals surface area contributed by atoms with Crippen LogP contribution in [-0.4, -0.2) is 44.1 Å². The molecule has 1 fully saturated rings. The van der Waals surface area contributed by atoms with E-state index in [4.69, 9.17) is 9.73 Å². The summed E-state index contributed by atoms with van der Waals surface area (Å²) in [5.41, 5.74) is 2.63.